The molecule has 2 fully saturated rings. The summed E-state index contributed by atoms with van der Waals surface area (Å²) in [5, 5.41) is 3.26. The van der Waals surface area contributed by atoms with Gasteiger partial charge in [0.25, 0.3) is 0 Å². The molecule has 0 spiro atoms. The van der Waals surface area contributed by atoms with Crippen LogP contribution in [0, 0.1) is 12.8 Å². The fourth-order valence-electron chi connectivity index (χ4n) is 3.16. The minimum Gasteiger partial charge on any atom is -0.375 e. The van der Waals surface area contributed by atoms with Gasteiger partial charge in [-0.2, -0.15) is 0 Å². The highest BCUT2D eigenvalue weighted by atomic mass is 32.1. The lowest BCUT2D eigenvalue weighted by Crippen LogP contribution is -2.45. The first-order valence-corrected chi connectivity index (χ1v) is 7.17. The third-order valence-electron chi connectivity index (χ3n) is 3.98. The molecule has 2 aliphatic heterocycles. The monoisotopic (exact) mass is 253 g/mol. The van der Waals surface area contributed by atoms with Gasteiger partial charge in [0, 0.05) is 23.8 Å². The van der Waals surface area contributed by atoms with Gasteiger partial charge in [0.1, 0.15) is 0 Å². The molecule has 0 amide bonds. The second-order valence-corrected chi connectivity index (χ2v) is 6.17. The zero-order valence-corrected chi connectivity index (χ0v) is 10.9. The maximum Gasteiger partial charge on any atom is 0.0897 e. The molecule has 4 nitrogen and oxygen atoms in total. The van der Waals surface area contributed by atoms with E-state index in [-0.39, 0.29) is 0 Å². The molecule has 5 heteroatoms. The minimum absolute atomic E-state index is 0.298. The van der Waals surface area contributed by atoms with Crippen molar-refractivity contribution in [1.82, 2.24) is 10.4 Å². The summed E-state index contributed by atoms with van der Waals surface area (Å²) in [6.07, 6.45) is 5.40. The van der Waals surface area contributed by atoms with Crippen LogP contribution in [-0.2, 0) is 11.2 Å². The molecule has 1 aromatic rings. The molecule has 17 heavy (non-hydrogen) atoms. The fraction of sp³-hybridized carbons (Fsp3) is 0.750. The van der Waals surface area contributed by atoms with Crippen LogP contribution in [0.3, 0.4) is 0 Å². The van der Waals surface area contributed by atoms with Crippen LogP contribution in [0.4, 0.5) is 0 Å². The van der Waals surface area contributed by atoms with Gasteiger partial charge in [-0.25, -0.2) is 4.98 Å². The van der Waals surface area contributed by atoms with Crippen LogP contribution in [0.25, 0.3) is 0 Å². The molecule has 0 saturated carbocycles. The van der Waals surface area contributed by atoms with Gasteiger partial charge in [0.15, 0.2) is 0 Å². The van der Waals surface area contributed by atoms with Crippen molar-refractivity contribution >= 4 is 11.3 Å². The summed E-state index contributed by atoms with van der Waals surface area (Å²) < 4.78 is 5.90. The predicted molar refractivity (Wildman–Crippen MR) is 67.7 cm³/mol. The largest absolute Gasteiger partial charge is 0.375 e. The van der Waals surface area contributed by atoms with Crippen LogP contribution in [-0.4, -0.2) is 23.2 Å². The van der Waals surface area contributed by atoms with Crippen molar-refractivity contribution in [2.75, 3.05) is 0 Å². The molecule has 3 heterocycles. The second-order valence-electron chi connectivity index (χ2n) is 5.11. The van der Waals surface area contributed by atoms with E-state index in [1.165, 1.54) is 12.8 Å². The van der Waals surface area contributed by atoms with Crippen molar-refractivity contribution in [3.05, 3.63) is 16.1 Å². The quantitative estimate of drug-likeness (QED) is 0.629. The van der Waals surface area contributed by atoms with Crippen LogP contribution < -0.4 is 11.3 Å². The molecule has 2 saturated heterocycles. The van der Waals surface area contributed by atoms with Gasteiger partial charge < -0.3 is 4.74 Å². The number of aromatic nitrogens is 1. The Morgan fingerprint density at radius 3 is 3.06 bits per heavy atom. The molecule has 2 bridgehead atoms. The van der Waals surface area contributed by atoms with Crippen molar-refractivity contribution < 1.29 is 4.74 Å². The van der Waals surface area contributed by atoms with Gasteiger partial charge in [-0.05, 0) is 26.2 Å². The number of rotatable bonds is 4. The van der Waals surface area contributed by atoms with E-state index in [0.29, 0.717) is 24.2 Å². The standard InChI is InChI=1S/C12H19N3OS/c1-7-14-8(6-17-7)4-11(15-13)10-5-9-2-3-12(10)16-9/h6,9-12,15H,2-5,13H2,1H3. The van der Waals surface area contributed by atoms with E-state index in [9.17, 15) is 0 Å². The van der Waals surface area contributed by atoms with Gasteiger partial charge in [0.2, 0.25) is 0 Å². The number of nitrogens with zero attached hydrogens (tertiary/aromatic N) is 1. The lowest BCUT2D eigenvalue weighted by molar-refractivity contribution is 0.0856. The Morgan fingerprint density at radius 1 is 1.65 bits per heavy atom. The maximum atomic E-state index is 5.90. The summed E-state index contributed by atoms with van der Waals surface area (Å²) in [7, 11) is 0. The van der Waals surface area contributed by atoms with Crippen LogP contribution >= 0.6 is 11.3 Å². The Morgan fingerprint density at radius 2 is 2.53 bits per heavy atom. The van der Waals surface area contributed by atoms with Crippen molar-refractivity contribution in [1.29, 1.82) is 0 Å². The zero-order chi connectivity index (χ0) is 11.8. The lowest BCUT2D eigenvalue weighted by Gasteiger charge is -2.27. The lowest BCUT2D eigenvalue weighted by atomic mass is 9.82. The van der Waals surface area contributed by atoms with Crippen molar-refractivity contribution in [3.8, 4) is 0 Å². The minimum atomic E-state index is 0.298. The van der Waals surface area contributed by atoms with E-state index in [1.54, 1.807) is 11.3 Å². The molecule has 1 aromatic heterocycles. The highest BCUT2D eigenvalue weighted by Gasteiger charge is 2.44. The Kier molecular flexibility index (Phi) is 3.17. The van der Waals surface area contributed by atoms with E-state index in [1.807, 2.05) is 6.92 Å². The number of aryl methyl sites for hydroxylation is 1. The Hall–Kier alpha value is -0.490. The molecular formula is C12H19N3OS. The fourth-order valence-corrected chi connectivity index (χ4v) is 3.79. The highest BCUT2D eigenvalue weighted by molar-refractivity contribution is 7.09. The number of nitrogens with one attached hydrogen (secondary N) is 1. The summed E-state index contributed by atoms with van der Waals surface area (Å²) in [4.78, 5) is 4.51. The van der Waals surface area contributed by atoms with Crippen molar-refractivity contribution in [3.63, 3.8) is 0 Å². The summed E-state index contributed by atoms with van der Waals surface area (Å²) in [5.41, 5.74) is 4.12. The smallest absolute Gasteiger partial charge is 0.0897 e. The third kappa shape index (κ3) is 2.25. The zero-order valence-electron chi connectivity index (χ0n) is 10.1. The summed E-state index contributed by atoms with van der Waals surface area (Å²) in [5.74, 6) is 6.27. The third-order valence-corrected chi connectivity index (χ3v) is 4.80. The van der Waals surface area contributed by atoms with E-state index in [2.05, 4.69) is 15.8 Å². The topological polar surface area (TPSA) is 60.2 Å². The number of fused-ring (bicyclic) bond motifs is 2. The molecule has 3 rings (SSSR count). The van der Waals surface area contributed by atoms with E-state index < -0.39 is 0 Å². The van der Waals surface area contributed by atoms with E-state index in [4.69, 9.17) is 10.6 Å². The van der Waals surface area contributed by atoms with Crippen LogP contribution in [0.5, 0.6) is 0 Å². The van der Waals surface area contributed by atoms with Gasteiger partial charge in [-0.1, -0.05) is 0 Å². The molecular weight excluding hydrogens is 234 g/mol. The Bertz CT molecular complexity index is 395. The molecule has 2 aliphatic rings. The maximum absolute atomic E-state index is 5.90. The highest BCUT2D eigenvalue weighted by Crippen LogP contribution is 2.40. The first kappa shape index (κ1) is 11.6. The number of thiazole rings is 1. The molecule has 0 aromatic carbocycles. The summed E-state index contributed by atoms with van der Waals surface area (Å²) in [6, 6.07) is 0.298. The Labute approximate surface area is 106 Å². The number of hydrogen-bond donors (Lipinski definition) is 2. The molecule has 3 N–H and O–H groups in total. The van der Waals surface area contributed by atoms with Crippen LogP contribution in [0.2, 0.25) is 0 Å². The van der Waals surface area contributed by atoms with Crippen LogP contribution in [0.15, 0.2) is 5.38 Å². The van der Waals surface area contributed by atoms with Gasteiger partial charge >= 0.3 is 0 Å². The molecule has 0 aliphatic carbocycles. The normalized spacial score (nSPS) is 33.2. The van der Waals surface area contributed by atoms with E-state index in [0.717, 1.165) is 23.5 Å². The summed E-state index contributed by atoms with van der Waals surface area (Å²) in [6.45, 7) is 2.04. The van der Waals surface area contributed by atoms with Crippen LogP contribution in [0.1, 0.15) is 30.0 Å². The average molecular weight is 253 g/mol. The average Bonchev–Trinajstić information content (AvgIpc) is 3.01. The number of ether oxygens (including phenoxy) is 1. The number of hydrazine groups is 1. The summed E-state index contributed by atoms with van der Waals surface area (Å²) >= 11 is 1.70. The number of hydrogen-bond acceptors (Lipinski definition) is 5. The van der Waals surface area contributed by atoms with E-state index >= 15 is 0 Å². The molecule has 0 radical (unpaired) electrons. The Balaban J connectivity index is 1.67. The van der Waals surface area contributed by atoms with Gasteiger partial charge in [-0.3, -0.25) is 11.3 Å². The van der Waals surface area contributed by atoms with Gasteiger partial charge in [0.05, 0.1) is 22.9 Å². The molecule has 94 valence electrons. The van der Waals surface area contributed by atoms with Crippen molar-refractivity contribution in [2.24, 2.45) is 11.8 Å². The number of nitrogens with two attached hydrogens (primary N) is 1. The molecule has 4 unspecified atom stereocenters. The second kappa shape index (κ2) is 4.65. The first-order valence-electron chi connectivity index (χ1n) is 6.29. The van der Waals surface area contributed by atoms with Crippen molar-refractivity contribution in [2.45, 2.75) is 50.9 Å². The SMILES string of the molecule is Cc1nc(CC(NN)C2CC3CCC2O3)cs1. The predicted octanol–water partition coefficient (Wildman–Crippen LogP) is 1.39. The molecule has 4 atom stereocenters. The first-order chi connectivity index (χ1) is 8.26. The van der Waals surface area contributed by atoms with Gasteiger partial charge in [-0.15, -0.1) is 11.3 Å².